The Balaban J connectivity index is 1.47. The smallest absolute Gasteiger partial charge is 0.201 e. The van der Waals surface area contributed by atoms with E-state index in [0.29, 0.717) is 30.7 Å². The molecular formula is C15H20FN3O. The summed E-state index contributed by atoms with van der Waals surface area (Å²) in [5, 5.41) is 3.18. The van der Waals surface area contributed by atoms with Gasteiger partial charge in [-0.1, -0.05) is 19.3 Å². The molecule has 0 radical (unpaired) electrons. The SMILES string of the molecule is Fc1ccc2nc(NCCOC3CCCCC3)[nH]c2c1. The van der Waals surface area contributed by atoms with Gasteiger partial charge in [0.1, 0.15) is 5.82 Å². The maximum absolute atomic E-state index is 13.1. The van der Waals surface area contributed by atoms with E-state index in [0.717, 1.165) is 5.52 Å². The molecule has 0 saturated heterocycles. The molecule has 1 fully saturated rings. The normalized spacial score (nSPS) is 16.6. The third kappa shape index (κ3) is 3.28. The van der Waals surface area contributed by atoms with Crippen LogP contribution in [-0.2, 0) is 4.74 Å². The van der Waals surface area contributed by atoms with E-state index < -0.39 is 0 Å². The van der Waals surface area contributed by atoms with E-state index in [9.17, 15) is 4.39 Å². The molecule has 108 valence electrons. The molecule has 0 aliphatic heterocycles. The van der Waals surface area contributed by atoms with E-state index in [4.69, 9.17) is 4.74 Å². The minimum absolute atomic E-state index is 0.256. The van der Waals surface area contributed by atoms with Crippen molar-refractivity contribution in [2.24, 2.45) is 0 Å². The minimum atomic E-state index is -0.256. The van der Waals surface area contributed by atoms with Crippen molar-refractivity contribution in [3.63, 3.8) is 0 Å². The van der Waals surface area contributed by atoms with Crippen LogP contribution in [0.1, 0.15) is 32.1 Å². The fourth-order valence-corrected chi connectivity index (χ4v) is 2.69. The van der Waals surface area contributed by atoms with Gasteiger partial charge in [0.2, 0.25) is 5.95 Å². The second kappa shape index (κ2) is 6.22. The average Bonchev–Trinajstić information content (AvgIpc) is 2.86. The highest BCUT2D eigenvalue weighted by Gasteiger charge is 2.13. The lowest BCUT2D eigenvalue weighted by atomic mass is 9.98. The molecule has 1 aliphatic carbocycles. The van der Waals surface area contributed by atoms with Crippen LogP contribution in [-0.4, -0.2) is 29.2 Å². The first-order valence-electron chi connectivity index (χ1n) is 7.32. The van der Waals surface area contributed by atoms with E-state index in [1.807, 2.05) is 0 Å². The third-order valence-electron chi connectivity index (χ3n) is 3.74. The number of rotatable bonds is 5. The lowest BCUT2D eigenvalue weighted by molar-refractivity contribution is 0.0347. The van der Waals surface area contributed by atoms with Crippen LogP contribution in [0.25, 0.3) is 11.0 Å². The van der Waals surface area contributed by atoms with Crippen molar-refractivity contribution in [2.75, 3.05) is 18.5 Å². The summed E-state index contributed by atoms with van der Waals surface area (Å²) in [6.07, 6.45) is 6.71. The van der Waals surface area contributed by atoms with Gasteiger partial charge in [0, 0.05) is 6.54 Å². The molecule has 2 aromatic rings. The third-order valence-corrected chi connectivity index (χ3v) is 3.74. The summed E-state index contributed by atoms with van der Waals surface area (Å²) in [6, 6.07) is 4.54. The second-order valence-corrected chi connectivity index (χ2v) is 5.30. The van der Waals surface area contributed by atoms with E-state index >= 15 is 0 Å². The Bertz CT molecular complexity index is 563. The van der Waals surface area contributed by atoms with Gasteiger partial charge in [-0.2, -0.15) is 0 Å². The van der Waals surface area contributed by atoms with E-state index in [2.05, 4.69) is 15.3 Å². The monoisotopic (exact) mass is 277 g/mol. The first-order chi connectivity index (χ1) is 9.81. The summed E-state index contributed by atoms with van der Waals surface area (Å²) in [5.41, 5.74) is 1.47. The summed E-state index contributed by atoms with van der Waals surface area (Å²) < 4.78 is 18.9. The van der Waals surface area contributed by atoms with Gasteiger partial charge in [0.25, 0.3) is 0 Å². The Morgan fingerprint density at radius 1 is 1.30 bits per heavy atom. The quantitative estimate of drug-likeness (QED) is 0.823. The number of aromatic amines is 1. The van der Waals surface area contributed by atoms with Crippen molar-refractivity contribution in [1.82, 2.24) is 9.97 Å². The van der Waals surface area contributed by atoms with Crippen LogP contribution in [0.15, 0.2) is 18.2 Å². The van der Waals surface area contributed by atoms with Crippen LogP contribution < -0.4 is 5.32 Å². The lowest BCUT2D eigenvalue weighted by Gasteiger charge is -2.21. The van der Waals surface area contributed by atoms with Gasteiger partial charge in [-0.25, -0.2) is 9.37 Å². The molecule has 0 bridgehead atoms. The van der Waals surface area contributed by atoms with Crippen LogP contribution in [0.5, 0.6) is 0 Å². The van der Waals surface area contributed by atoms with Crippen molar-refractivity contribution < 1.29 is 9.13 Å². The van der Waals surface area contributed by atoms with Gasteiger partial charge < -0.3 is 15.0 Å². The maximum atomic E-state index is 13.1. The number of imidazole rings is 1. The van der Waals surface area contributed by atoms with Crippen molar-refractivity contribution in [2.45, 2.75) is 38.2 Å². The average molecular weight is 277 g/mol. The number of nitrogens with one attached hydrogen (secondary N) is 2. The zero-order valence-corrected chi connectivity index (χ0v) is 11.5. The maximum Gasteiger partial charge on any atom is 0.201 e. The molecule has 0 amide bonds. The van der Waals surface area contributed by atoms with Crippen LogP contribution in [0.2, 0.25) is 0 Å². The summed E-state index contributed by atoms with van der Waals surface area (Å²) in [6.45, 7) is 1.38. The molecule has 1 aromatic heterocycles. The Hall–Kier alpha value is -1.62. The molecular weight excluding hydrogens is 257 g/mol. The predicted octanol–water partition coefficient (Wildman–Crippen LogP) is 3.46. The first kappa shape index (κ1) is 13.4. The summed E-state index contributed by atoms with van der Waals surface area (Å²) >= 11 is 0. The first-order valence-corrected chi connectivity index (χ1v) is 7.32. The molecule has 5 heteroatoms. The molecule has 0 unspecified atom stereocenters. The molecule has 1 aromatic carbocycles. The number of benzene rings is 1. The molecule has 20 heavy (non-hydrogen) atoms. The number of ether oxygens (including phenoxy) is 1. The Morgan fingerprint density at radius 3 is 3.00 bits per heavy atom. The second-order valence-electron chi connectivity index (χ2n) is 5.30. The molecule has 4 nitrogen and oxygen atoms in total. The summed E-state index contributed by atoms with van der Waals surface area (Å²) in [4.78, 5) is 7.41. The molecule has 1 aliphatic rings. The zero-order chi connectivity index (χ0) is 13.8. The van der Waals surface area contributed by atoms with Crippen molar-refractivity contribution in [1.29, 1.82) is 0 Å². The van der Waals surface area contributed by atoms with Gasteiger partial charge in [-0.05, 0) is 31.0 Å². The van der Waals surface area contributed by atoms with E-state index in [-0.39, 0.29) is 5.82 Å². The highest BCUT2D eigenvalue weighted by molar-refractivity contribution is 5.77. The Kier molecular flexibility index (Phi) is 4.16. The number of fused-ring (bicyclic) bond motifs is 1. The number of aromatic nitrogens is 2. The standard InChI is InChI=1S/C15H20FN3O/c16-11-6-7-13-14(10-11)19-15(18-13)17-8-9-20-12-4-2-1-3-5-12/h6-7,10,12H,1-5,8-9H2,(H2,17,18,19). The Morgan fingerprint density at radius 2 is 2.15 bits per heavy atom. The number of H-pyrrole nitrogens is 1. The molecule has 1 saturated carbocycles. The number of hydrogen-bond acceptors (Lipinski definition) is 3. The topological polar surface area (TPSA) is 49.9 Å². The highest BCUT2D eigenvalue weighted by atomic mass is 19.1. The molecule has 0 spiro atoms. The molecule has 1 heterocycles. The van der Waals surface area contributed by atoms with Crippen LogP contribution in [0.3, 0.4) is 0 Å². The van der Waals surface area contributed by atoms with Crippen LogP contribution in [0.4, 0.5) is 10.3 Å². The fourth-order valence-electron chi connectivity index (χ4n) is 2.69. The van der Waals surface area contributed by atoms with Crippen molar-refractivity contribution >= 4 is 17.0 Å². The number of hydrogen-bond donors (Lipinski definition) is 2. The van der Waals surface area contributed by atoms with Gasteiger partial charge in [-0.3, -0.25) is 0 Å². The van der Waals surface area contributed by atoms with Gasteiger partial charge in [0.15, 0.2) is 0 Å². The zero-order valence-electron chi connectivity index (χ0n) is 11.5. The van der Waals surface area contributed by atoms with Crippen LogP contribution >= 0.6 is 0 Å². The minimum Gasteiger partial charge on any atom is -0.376 e. The highest BCUT2D eigenvalue weighted by Crippen LogP contribution is 2.20. The van der Waals surface area contributed by atoms with E-state index in [1.165, 1.54) is 44.2 Å². The largest absolute Gasteiger partial charge is 0.376 e. The van der Waals surface area contributed by atoms with Gasteiger partial charge in [-0.15, -0.1) is 0 Å². The predicted molar refractivity (Wildman–Crippen MR) is 77.4 cm³/mol. The molecule has 3 rings (SSSR count). The lowest BCUT2D eigenvalue weighted by Crippen LogP contribution is -2.20. The fraction of sp³-hybridized carbons (Fsp3) is 0.533. The molecule has 2 N–H and O–H groups in total. The Labute approximate surface area is 117 Å². The van der Waals surface area contributed by atoms with Crippen LogP contribution in [0, 0.1) is 5.82 Å². The number of nitrogens with zero attached hydrogens (tertiary/aromatic N) is 1. The molecule has 0 atom stereocenters. The van der Waals surface area contributed by atoms with Gasteiger partial charge >= 0.3 is 0 Å². The van der Waals surface area contributed by atoms with Crippen molar-refractivity contribution in [3.8, 4) is 0 Å². The van der Waals surface area contributed by atoms with Gasteiger partial charge in [0.05, 0.1) is 23.7 Å². The number of anilines is 1. The van der Waals surface area contributed by atoms with Crippen molar-refractivity contribution in [3.05, 3.63) is 24.0 Å². The number of halogens is 1. The summed E-state index contributed by atoms with van der Waals surface area (Å²) in [5.74, 6) is 0.408. The summed E-state index contributed by atoms with van der Waals surface area (Å²) in [7, 11) is 0. The van der Waals surface area contributed by atoms with E-state index in [1.54, 1.807) is 6.07 Å².